The number of aryl methyl sites for hydroxylation is 3. The number of hydrogen-bond acceptors (Lipinski definition) is 5. The van der Waals surface area contributed by atoms with Crippen LogP contribution in [0.25, 0.3) is 11.3 Å². The number of fused-ring (bicyclic) bond motifs is 1. The summed E-state index contributed by atoms with van der Waals surface area (Å²) in [6.07, 6.45) is 0.730. The fourth-order valence-electron chi connectivity index (χ4n) is 3.55. The van der Waals surface area contributed by atoms with Crippen molar-refractivity contribution in [2.45, 2.75) is 39.0 Å². The molecule has 0 radical (unpaired) electrons. The molecule has 0 saturated carbocycles. The molecule has 5 nitrogen and oxygen atoms in total. The van der Waals surface area contributed by atoms with E-state index in [2.05, 4.69) is 5.16 Å². The van der Waals surface area contributed by atoms with Crippen LogP contribution < -0.4 is 4.31 Å². The molecule has 0 saturated heterocycles. The third kappa shape index (κ3) is 2.41. The minimum Gasteiger partial charge on any atom is -0.356 e. The lowest BCUT2D eigenvalue weighted by molar-refractivity contribution is 0.426. The molecule has 1 aliphatic heterocycles. The van der Waals surface area contributed by atoms with Crippen molar-refractivity contribution in [3.05, 3.63) is 50.8 Å². The standard InChI is InChI=1S/C19H20N2O3S2/c1-11-12(2)20-24-18(11)17-13(3)25-14(4)19(17)26(22,23)21-10-9-15-7-5-6-8-16(15)21/h5-8H,9-10H2,1-4H3. The molecule has 4 rings (SSSR count). The van der Waals surface area contributed by atoms with Crippen molar-refractivity contribution >= 4 is 27.0 Å². The molecular formula is C19H20N2O3S2. The molecule has 1 aromatic carbocycles. The monoisotopic (exact) mass is 388 g/mol. The summed E-state index contributed by atoms with van der Waals surface area (Å²) in [5.41, 5.74) is 4.14. The maximum absolute atomic E-state index is 13.6. The molecule has 1 aliphatic rings. The van der Waals surface area contributed by atoms with E-state index in [0.29, 0.717) is 22.8 Å². The van der Waals surface area contributed by atoms with Crippen LogP contribution in [0.5, 0.6) is 0 Å². The van der Waals surface area contributed by atoms with Crippen molar-refractivity contribution in [2.24, 2.45) is 0 Å². The van der Waals surface area contributed by atoms with Gasteiger partial charge in [-0.05, 0) is 45.7 Å². The van der Waals surface area contributed by atoms with E-state index >= 15 is 0 Å². The first-order valence-electron chi connectivity index (χ1n) is 8.46. The second-order valence-corrected chi connectivity index (χ2v) is 9.82. The maximum Gasteiger partial charge on any atom is 0.266 e. The van der Waals surface area contributed by atoms with Crippen molar-refractivity contribution in [3.8, 4) is 11.3 Å². The zero-order valence-corrected chi connectivity index (χ0v) is 16.8. The molecule has 7 heteroatoms. The lowest BCUT2D eigenvalue weighted by Gasteiger charge is -2.20. The van der Waals surface area contributed by atoms with Gasteiger partial charge in [0.1, 0.15) is 4.90 Å². The Morgan fingerprint density at radius 3 is 2.54 bits per heavy atom. The van der Waals surface area contributed by atoms with Crippen LogP contribution in [0.4, 0.5) is 5.69 Å². The van der Waals surface area contributed by atoms with Gasteiger partial charge in [-0.15, -0.1) is 11.3 Å². The van der Waals surface area contributed by atoms with E-state index in [1.807, 2.05) is 52.0 Å². The minimum atomic E-state index is -3.69. The minimum absolute atomic E-state index is 0.343. The Labute approximate surface area is 157 Å². The number of rotatable bonds is 3. The van der Waals surface area contributed by atoms with Gasteiger partial charge in [-0.1, -0.05) is 23.4 Å². The summed E-state index contributed by atoms with van der Waals surface area (Å²) in [7, 11) is -3.69. The molecule has 0 fully saturated rings. The molecule has 0 atom stereocenters. The Balaban J connectivity index is 1.93. The van der Waals surface area contributed by atoms with Crippen LogP contribution in [0.3, 0.4) is 0 Å². The molecule has 136 valence electrons. The molecule has 0 N–H and O–H groups in total. The lowest BCUT2D eigenvalue weighted by atomic mass is 10.1. The SMILES string of the molecule is Cc1noc(-c2c(C)sc(C)c2S(=O)(=O)N2CCc3ccccc32)c1C. The third-order valence-corrected chi connectivity index (χ3v) is 8.12. The largest absolute Gasteiger partial charge is 0.356 e. The van der Waals surface area contributed by atoms with E-state index in [0.717, 1.165) is 38.7 Å². The van der Waals surface area contributed by atoms with Crippen LogP contribution in [0.1, 0.15) is 26.6 Å². The fourth-order valence-corrected chi connectivity index (χ4v) is 6.87. The average molecular weight is 389 g/mol. The number of nitrogens with zero attached hydrogens (tertiary/aromatic N) is 2. The summed E-state index contributed by atoms with van der Waals surface area (Å²) < 4.78 is 34.3. The molecule has 26 heavy (non-hydrogen) atoms. The highest BCUT2D eigenvalue weighted by Gasteiger charge is 2.36. The third-order valence-electron chi connectivity index (χ3n) is 4.98. The summed E-state index contributed by atoms with van der Waals surface area (Å²) in [6, 6.07) is 7.68. The second-order valence-electron chi connectivity index (χ2n) is 6.60. The van der Waals surface area contributed by atoms with Gasteiger partial charge in [0.15, 0.2) is 5.76 Å². The van der Waals surface area contributed by atoms with Crippen molar-refractivity contribution in [1.82, 2.24) is 5.16 Å². The number of aromatic nitrogens is 1. The summed E-state index contributed by atoms with van der Waals surface area (Å²) in [4.78, 5) is 2.04. The quantitative estimate of drug-likeness (QED) is 0.668. The average Bonchev–Trinajstić information content (AvgIpc) is 3.25. The van der Waals surface area contributed by atoms with Gasteiger partial charge < -0.3 is 4.52 Å². The van der Waals surface area contributed by atoms with Gasteiger partial charge in [0.2, 0.25) is 0 Å². The Morgan fingerprint density at radius 1 is 1.12 bits per heavy atom. The summed E-state index contributed by atoms with van der Waals surface area (Å²) in [5.74, 6) is 0.551. The first-order valence-corrected chi connectivity index (χ1v) is 10.7. The zero-order valence-electron chi connectivity index (χ0n) is 15.2. The van der Waals surface area contributed by atoms with Crippen molar-refractivity contribution < 1.29 is 12.9 Å². The first kappa shape index (κ1) is 17.3. The number of thiophene rings is 1. The lowest BCUT2D eigenvalue weighted by Crippen LogP contribution is -2.29. The first-order chi connectivity index (χ1) is 12.3. The van der Waals surface area contributed by atoms with Gasteiger partial charge in [0.25, 0.3) is 10.0 Å². The van der Waals surface area contributed by atoms with Crippen LogP contribution in [0.15, 0.2) is 33.7 Å². The highest BCUT2D eigenvalue weighted by atomic mass is 32.2. The van der Waals surface area contributed by atoms with Crippen LogP contribution >= 0.6 is 11.3 Å². The van der Waals surface area contributed by atoms with Crippen molar-refractivity contribution in [1.29, 1.82) is 0 Å². The molecule has 0 amide bonds. The van der Waals surface area contributed by atoms with Crippen LogP contribution in [-0.4, -0.2) is 20.1 Å². The fraction of sp³-hybridized carbons (Fsp3) is 0.316. The van der Waals surface area contributed by atoms with Gasteiger partial charge in [-0.25, -0.2) is 8.42 Å². The van der Waals surface area contributed by atoms with Gasteiger partial charge in [0.05, 0.1) is 16.9 Å². The van der Waals surface area contributed by atoms with Crippen molar-refractivity contribution in [2.75, 3.05) is 10.8 Å². The van der Waals surface area contributed by atoms with E-state index < -0.39 is 10.0 Å². The number of sulfonamides is 1. The van der Waals surface area contributed by atoms with E-state index in [4.69, 9.17) is 4.52 Å². The predicted molar refractivity (Wildman–Crippen MR) is 103 cm³/mol. The number of benzene rings is 1. The zero-order chi connectivity index (χ0) is 18.6. The van der Waals surface area contributed by atoms with Crippen LogP contribution in [-0.2, 0) is 16.4 Å². The molecule has 0 spiro atoms. The van der Waals surface area contributed by atoms with Gasteiger partial charge in [-0.2, -0.15) is 0 Å². The maximum atomic E-state index is 13.6. The molecule has 0 bridgehead atoms. The molecule has 2 aromatic heterocycles. The van der Waals surface area contributed by atoms with Crippen LogP contribution in [0.2, 0.25) is 0 Å². The van der Waals surface area contributed by atoms with E-state index in [1.54, 1.807) is 0 Å². The predicted octanol–water partition coefficient (Wildman–Crippen LogP) is 4.39. The molecular weight excluding hydrogens is 368 g/mol. The summed E-state index contributed by atoms with van der Waals surface area (Å²) >= 11 is 1.48. The topological polar surface area (TPSA) is 63.4 Å². The Morgan fingerprint density at radius 2 is 1.85 bits per heavy atom. The smallest absolute Gasteiger partial charge is 0.266 e. The molecule has 0 aliphatic carbocycles. The molecule has 0 unspecified atom stereocenters. The van der Waals surface area contributed by atoms with Crippen LogP contribution in [0, 0.1) is 27.7 Å². The Bertz CT molecular complexity index is 1110. The summed E-state index contributed by atoms with van der Waals surface area (Å²) in [6.45, 7) is 8.02. The molecule has 3 aromatic rings. The highest BCUT2D eigenvalue weighted by molar-refractivity contribution is 7.93. The second kappa shape index (κ2) is 5.96. The number of hydrogen-bond donors (Lipinski definition) is 0. The van der Waals surface area contributed by atoms with Gasteiger partial charge in [-0.3, -0.25) is 4.31 Å². The van der Waals surface area contributed by atoms with E-state index in [9.17, 15) is 8.42 Å². The number of anilines is 1. The van der Waals surface area contributed by atoms with E-state index in [-0.39, 0.29) is 0 Å². The highest BCUT2D eigenvalue weighted by Crippen LogP contribution is 2.44. The Hall–Kier alpha value is -2.12. The van der Waals surface area contributed by atoms with Crippen molar-refractivity contribution in [3.63, 3.8) is 0 Å². The van der Waals surface area contributed by atoms with Gasteiger partial charge in [0, 0.05) is 21.9 Å². The normalized spacial score (nSPS) is 14.1. The number of para-hydroxylation sites is 1. The van der Waals surface area contributed by atoms with E-state index in [1.165, 1.54) is 15.6 Å². The summed E-state index contributed by atoms with van der Waals surface area (Å²) in [5, 5.41) is 4.02. The molecule has 3 heterocycles. The Kier molecular flexibility index (Phi) is 3.96. The van der Waals surface area contributed by atoms with Gasteiger partial charge >= 0.3 is 0 Å².